The average molecular weight is 400 g/mol. The molecule has 1 saturated heterocycles. The van der Waals surface area contributed by atoms with E-state index in [2.05, 4.69) is 4.98 Å². The second kappa shape index (κ2) is 8.31. The van der Waals surface area contributed by atoms with Crippen molar-refractivity contribution in [3.05, 3.63) is 12.0 Å². The zero-order chi connectivity index (χ0) is 20.3. The predicted molar refractivity (Wildman–Crippen MR) is 94.2 cm³/mol. The maximum absolute atomic E-state index is 11.6. The summed E-state index contributed by atoms with van der Waals surface area (Å²) in [6, 6.07) is 0. The molecule has 1 aliphatic rings. The smallest absolute Gasteiger partial charge is 0.303 e. The number of carbonyl (C=O) groups is 3. The number of anilines is 1. The van der Waals surface area contributed by atoms with Gasteiger partial charge in [0.2, 0.25) is 0 Å². The van der Waals surface area contributed by atoms with Crippen LogP contribution in [0.1, 0.15) is 32.7 Å². The Balaban J connectivity index is 2.41. The molecular formula is C15H20N4O7S. The Morgan fingerprint density at radius 2 is 1.78 bits per heavy atom. The van der Waals surface area contributed by atoms with Crippen molar-refractivity contribution in [2.45, 2.75) is 45.3 Å². The summed E-state index contributed by atoms with van der Waals surface area (Å²) in [6.07, 6.45) is -2.70. The molecule has 0 amide bonds. The lowest BCUT2D eigenvalue weighted by Crippen LogP contribution is -2.40. The van der Waals surface area contributed by atoms with Gasteiger partial charge in [0.25, 0.3) is 0 Å². The van der Waals surface area contributed by atoms with Crippen LogP contribution in [0, 0.1) is 0 Å². The van der Waals surface area contributed by atoms with Crippen LogP contribution >= 0.6 is 12.2 Å². The average Bonchev–Trinajstić information content (AvgIpc) is 3.06. The van der Waals surface area contributed by atoms with Gasteiger partial charge in [-0.3, -0.25) is 19.0 Å². The first kappa shape index (κ1) is 20.6. The second-order valence-electron chi connectivity index (χ2n) is 5.77. The number of hydrogen-bond acceptors (Lipinski definition) is 10. The minimum absolute atomic E-state index is 0.0266. The molecule has 1 aliphatic heterocycles. The quantitative estimate of drug-likeness (QED) is 0.357. The van der Waals surface area contributed by atoms with Gasteiger partial charge in [0.15, 0.2) is 18.4 Å². The number of aromatic nitrogens is 2. The van der Waals surface area contributed by atoms with Crippen LogP contribution in [0.5, 0.6) is 0 Å². The molecule has 4 atom stereocenters. The van der Waals surface area contributed by atoms with Gasteiger partial charge in [-0.15, -0.1) is 0 Å². The lowest BCUT2D eigenvalue weighted by Gasteiger charge is -2.24. The number of thiocarbonyl (C=S) groups is 1. The fraction of sp³-hybridized carbons (Fsp3) is 0.533. The molecule has 1 aromatic rings. The number of ether oxygens (including phenoxy) is 4. The van der Waals surface area contributed by atoms with Gasteiger partial charge >= 0.3 is 17.9 Å². The highest BCUT2D eigenvalue weighted by Crippen LogP contribution is 2.36. The minimum atomic E-state index is -1.07. The molecule has 4 N–H and O–H groups in total. The van der Waals surface area contributed by atoms with Crippen molar-refractivity contribution in [3.63, 3.8) is 0 Å². The number of imidazole rings is 1. The van der Waals surface area contributed by atoms with E-state index in [1.165, 1.54) is 31.7 Å². The number of nitrogen functional groups attached to an aromatic ring is 1. The molecule has 0 saturated carbocycles. The molecule has 0 bridgehead atoms. The highest BCUT2D eigenvalue weighted by molar-refractivity contribution is 7.80. The van der Waals surface area contributed by atoms with E-state index in [4.69, 9.17) is 42.6 Å². The highest BCUT2D eigenvalue weighted by Gasteiger charge is 2.51. The summed E-state index contributed by atoms with van der Waals surface area (Å²) in [5, 5.41) is 0. The van der Waals surface area contributed by atoms with Crippen molar-refractivity contribution in [1.29, 1.82) is 0 Å². The third-order valence-electron chi connectivity index (χ3n) is 3.68. The maximum atomic E-state index is 11.6. The van der Waals surface area contributed by atoms with E-state index in [1.807, 2.05) is 0 Å². The molecule has 11 nitrogen and oxygen atoms in total. The van der Waals surface area contributed by atoms with Crippen molar-refractivity contribution in [2.75, 3.05) is 12.3 Å². The first-order valence-corrected chi connectivity index (χ1v) is 8.28. The minimum Gasteiger partial charge on any atom is -0.463 e. The van der Waals surface area contributed by atoms with E-state index in [0.717, 1.165) is 0 Å². The third kappa shape index (κ3) is 4.71. The van der Waals surface area contributed by atoms with Crippen molar-refractivity contribution >= 4 is 40.9 Å². The summed E-state index contributed by atoms with van der Waals surface area (Å²) < 4.78 is 22.7. The van der Waals surface area contributed by atoms with Crippen molar-refractivity contribution in [2.24, 2.45) is 5.73 Å². The highest BCUT2D eigenvalue weighted by atomic mass is 32.1. The molecule has 12 heteroatoms. The molecule has 148 valence electrons. The Kier molecular flexibility index (Phi) is 6.33. The maximum Gasteiger partial charge on any atom is 0.303 e. The van der Waals surface area contributed by atoms with E-state index in [0.29, 0.717) is 0 Å². The van der Waals surface area contributed by atoms with Gasteiger partial charge in [-0.1, -0.05) is 12.2 Å². The molecule has 1 aromatic heterocycles. The Hall–Kier alpha value is -2.73. The summed E-state index contributed by atoms with van der Waals surface area (Å²) in [5.74, 6) is -1.73. The van der Waals surface area contributed by atoms with Gasteiger partial charge in [0, 0.05) is 20.8 Å². The molecule has 0 aliphatic carbocycles. The van der Waals surface area contributed by atoms with Gasteiger partial charge < -0.3 is 30.4 Å². The summed E-state index contributed by atoms with van der Waals surface area (Å²) in [7, 11) is 0. The van der Waals surface area contributed by atoms with E-state index in [9.17, 15) is 14.4 Å². The summed E-state index contributed by atoms with van der Waals surface area (Å²) >= 11 is 4.88. The standard InChI is InChI=1S/C15H20N4O7S/c1-6(20)23-4-9-11(24-7(2)21)12(25-8(3)22)15(26-9)19-5-18-10(13(19)16)14(17)27/h5,9,11-12,15H,4,16H2,1-3H3,(H2,17,27)/t9-,11-,12-,15+/m0/s1. The SMILES string of the molecule is CC(=O)OC[C@@H]1O[C@@H](n2cnc(C(N)=S)c2N)[C@@H](OC(C)=O)[C@H]1OC(C)=O. The number of esters is 3. The third-order valence-corrected chi connectivity index (χ3v) is 3.87. The van der Waals surface area contributed by atoms with Crippen LogP contribution in [-0.4, -0.2) is 57.4 Å². The first-order chi connectivity index (χ1) is 12.6. The normalized spacial score (nSPS) is 24.3. The van der Waals surface area contributed by atoms with E-state index in [1.54, 1.807) is 0 Å². The molecule has 0 aromatic carbocycles. The number of nitrogens with two attached hydrogens (primary N) is 2. The Morgan fingerprint density at radius 1 is 1.19 bits per heavy atom. The fourth-order valence-electron chi connectivity index (χ4n) is 2.68. The fourth-order valence-corrected chi connectivity index (χ4v) is 2.84. The molecule has 1 fully saturated rings. The first-order valence-electron chi connectivity index (χ1n) is 7.87. The summed E-state index contributed by atoms with van der Waals surface area (Å²) in [6.45, 7) is 3.38. The monoisotopic (exact) mass is 400 g/mol. The Labute approximate surface area is 159 Å². The molecule has 2 heterocycles. The van der Waals surface area contributed by atoms with Crippen molar-refractivity contribution < 1.29 is 33.3 Å². The zero-order valence-electron chi connectivity index (χ0n) is 14.9. The van der Waals surface area contributed by atoms with Crippen LogP contribution in [0.4, 0.5) is 5.82 Å². The van der Waals surface area contributed by atoms with Gasteiger partial charge in [-0.05, 0) is 0 Å². The second-order valence-corrected chi connectivity index (χ2v) is 6.21. The van der Waals surface area contributed by atoms with Crippen LogP contribution < -0.4 is 11.5 Å². The van der Waals surface area contributed by atoms with Crippen LogP contribution in [0.15, 0.2) is 6.33 Å². The molecule has 0 unspecified atom stereocenters. The molecule has 0 spiro atoms. The van der Waals surface area contributed by atoms with Gasteiger partial charge in [-0.2, -0.15) is 0 Å². The van der Waals surface area contributed by atoms with Crippen LogP contribution in [0.25, 0.3) is 0 Å². The van der Waals surface area contributed by atoms with Crippen LogP contribution in [0.2, 0.25) is 0 Å². The largest absolute Gasteiger partial charge is 0.463 e. The molecule has 27 heavy (non-hydrogen) atoms. The topological polar surface area (TPSA) is 158 Å². The van der Waals surface area contributed by atoms with Crippen LogP contribution in [0.3, 0.4) is 0 Å². The zero-order valence-corrected chi connectivity index (χ0v) is 15.7. The summed E-state index contributed by atoms with van der Waals surface area (Å²) in [5.41, 5.74) is 11.7. The summed E-state index contributed by atoms with van der Waals surface area (Å²) in [4.78, 5) is 38.2. The van der Waals surface area contributed by atoms with Gasteiger partial charge in [0.05, 0.1) is 6.33 Å². The Morgan fingerprint density at radius 3 is 2.26 bits per heavy atom. The van der Waals surface area contributed by atoms with E-state index in [-0.39, 0.29) is 23.1 Å². The van der Waals surface area contributed by atoms with Crippen molar-refractivity contribution in [1.82, 2.24) is 9.55 Å². The van der Waals surface area contributed by atoms with E-state index < -0.39 is 42.4 Å². The van der Waals surface area contributed by atoms with Crippen molar-refractivity contribution in [3.8, 4) is 0 Å². The number of carbonyl (C=O) groups excluding carboxylic acids is 3. The Bertz CT molecular complexity index is 765. The van der Waals surface area contributed by atoms with Gasteiger partial charge in [0.1, 0.15) is 29.2 Å². The number of hydrogen-bond donors (Lipinski definition) is 2. The lowest BCUT2D eigenvalue weighted by atomic mass is 10.1. The number of nitrogens with zero attached hydrogens (tertiary/aromatic N) is 2. The van der Waals surface area contributed by atoms with Crippen LogP contribution in [-0.2, 0) is 33.3 Å². The van der Waals surface area contributed by atoms with Gasteiger partial charge in [-0.25, -0.2) is 4.98 Å². The predicted octanol–water partition coefficient (Wildman–Crippen LogP) is -0.577. The van der Waals surface area contributed by atoms with E-state index >= 15 is 0 Å². The molecule has 0 radical (unpaired) electrons. The molecular weight excluding hydrogens is 380 g/mol. The lowest BCUT2D eigenvalue weighted by molar-refractivity contribution is -0.166. The molecule has 2 rings (SSSR count). The number of rotatable bonds is 6.